The molecule has 1 aromatic heterocycles. The van der Waals surface area contributed by atoms with Gasteiger partial charge >= 0.3 is 0 Å². The normalized spacial score (nSPS) is 14.2. The van der Waals surface area contributed by atoms with Crippen molar-refractivity contribution < 1.29 is 9.59 Å². The van der Waals surface area contributed by atoms with Crippen molar-refractivity contribution in [3.63, 3.8) is 0 Å². The molecule has 7 nitrogen and oxygen atoms in total. The summed E-state index contributed by atoms with van der Waals surface area (Å²) in [6.45, 7) is 8.77. The Morgan fingerprint density at radius 3 is 2.52 bits per heavy atom. The molecule has 1 saturated heterocycles. The molecule has 0 spiro atoms. The molecule has 0 atom stereocenters. The largest absolute Gasteiger partial charge is 0.340 e. The maximum atomic E-state index is 13.2. The van der Waals surface area contributed by atoms with E-state index in [1.54, 1.807) is 0 Å². The molecule has 0 unspecified atom stereocenters. The number of carbonyl (C=O) groups is 2. The Morgan fingerprint density at radius 2 is 1.88 bits per heavy atom. The minimum absolute atomic E-state index is 0.0711. The standard InChI is InChI=1S/C26H35N5O2/c1-4-16-30(23-13-18-29(19-14-23)26(33)22-9-6-5-7-10-22)25(32)12-11-24-20(2)28-31(21(24)3)17-8-15-27/h5-7,9-10,23H,4,8,11-14,16-19H2,1-3H3. The van der Waals surface area contributed by atoms with E-state index in [1.165, 1.54) is 0 Å². The van der Waals surface area contributed by atoms with Crippen molar-refractivity contribution in [2.45, 2.75) is 71.9 Å². The van der Waals surface area contributed by atoms with Crippen LogP contribution in [0.15, 0.2) is 30.3 Å². The molecule has 1 fully saturated rings. The van der Waals surface area contributed by atoms with Gasteiger partial charge in [0.05, 0.1) is 24.7 Å². The highest BCUT2D eigenvalue weighted by atomic mass is 16.2. The molecule has 1 aliphatic heterocycles. The van der Waals surface area contributed by atoms with Crippen LogP contribution in [-0.4, -0.2) is 57.1 Å². The van der Waals surface area contributed by atoms with Crippen LogP contribution in [0.3, 0.4) is 0 Å². The lowest BCUT2D eigenvalue weighted by molar-refractivity contribution is -0.134. The van der Waals surface area contributed by atoms with Gasteiger partial charge in [-0.25, -0.2) is 0 Å². The van der Waals surface area contributed by atoms with E-state index in [0.29, 0.717) is 38.9 Å². The fraction of sp³-hybridized carbons (Fsp3) is 0.538. The smallest absolute Gasteiger partial charge is 0.253 e. The fourth-order valence-corrected chi connectivity index (χ4v) is 4.74. The van der Waals surface area contributed by atoms with Crippen molar-refractivity contribution in [1.82, 2.24) is 19.6 Å². The first-order valence-corrected chi connectivity index (χ1v) is 12.0. The van der Waals surface area contributed by atoms with Crippen LogP contribution in [0, 0.1) is 25.2 Å². The Kier molecular flexibility index (Phi) is 8.65. The van der Waals surface area contributed by atoms with Crippen molar-refractivity contribution in [3.8, 4) is 6.07 Å². The van der Waals surface area contributed by atoms with Crippen molar-refractivity contribution in [3.05, 3.63) is 52.8 Å². The quantitative estimate of drug-likeness (QED) is 0.582. The number of aryl methyl sites for hydroxylation is 2. The second-order valence-electron chi connectivity index (χ2n) is 8.76. The van der Waals surface area contributed by atoms with Crippen LogP contribution in [-0.2, 0) is 17.8 Å². The van der Waals surface area contributed by atoms with Crippen LogP contribution >= 0.6 is 0 Å². The van der Waals surface area contributed by atoms with E-state index >= 15 is 0 Å². The van der Waals surface area contributed by atoms with Gasteiger partial charge in [0, 0.05) is 43.4 Å². The predicted octanol–water partition coefficient (Wildman–Crippen LogP) is 3.89. The topological polar surface area (TPSA) is 82.2 Å². The molecular formula is C26H35N5O2. The first-order chi connectivity index (χ1) is 16.0. The van der Waals surface area contributed by atoms with E-state index in [9.17, 15) is 9.59 Å². The highest BCUT2D eigenvalue weighted by molar-refractivity contribution is 5.94. The van der Waals surface area contributed by atoms with Gasteiger partial charge in [0.1, 0.15) is 0 Å². The van der Waals surface area contributed by atoms with Crippen molar-refractivity contribution in [2.24, 2.45) is 0 Å². The van der Waals surface area contributed by atoms with Crippen molar-refractivity contribution in [2.75, 3.05) is 19.6 Å². The molecule has 2 heterocycles. The molecular weight excluding hydrogens is 414 g/mol. The summed E-state index contributed by atoms with van der Waals surface area (Å²) in [6, 6.07) is 11.7. The summed E-state index contributed by atoms with van der Waals surface area (Å²) in [5.41, 5.74) is 3.82. The third-order valence-corrected chi connectivity index (χ3v) is 6.55. The molecule has 1 aliphatic rings. The maximum Gasteiger partial charge on any atom is 0.253 e. The van der Waals surface area contributed by atoms with Gasteiger partial charge in [0.15, 0.2) is 0 Å². The predicted molar refractivity (Wildman–Crippen MR) is 128 cm³/mol. The number of hydrogen-bond donors (Lipinski definition) is 0. The Labute approximate surface area is 197 Å². The zero-order chi connectivity index (χ0) is 23.8. The molecule has 2 aromatic rings. The molecule has 0 saturated carbocycles. The van der Waals surface area contributed by atoms with Gasteiger partial charge in [-0.15, -0.1) is 0 Å². The van der Waals surface area contributed by atoms with Crippen LogP contribution in [0.25, 0.3) is 0 Å². The first kappa shape index (κ1) is 24.5. The number of aromatic nitrogens is 2. The van der Waals surface area contributed by atoms with Crippen molar-refractivity contribution >= 4 is 11.8 Å². The lowest BCUT2D eigenvalue weighted by Gasteiger charge is -2.38. The summed E-state index contributed by atoms with van der Waals surface area (Å²) >= 11 is 0. The molecule has 0 bridgehead atoms. The number of rotatable bonds is 9. The summed E-state index contributed by atoms with van der Waals surface area (Å²) in [7, 11) is 0. The Hall–Kier alpha value is -3.14. The number of benzene rings is 1. The number of hydrogen-bond acceptors (Lipinski definition) is 4. The molecule has 0 aliphatic carbocycles. The summed E-state index contributed by atoms with van der Waals surface area (Å²) in [5.74, 6) is 0.245. The Bertz CT molecular complexity index is 984. The average molecular weight is 450 g/mol. The van der Waals surface area contributed by atoms with E-state index in [4.69, 9.17) is 5.26 Å². The molecule has 33 heavy (non-hydrogen) atoms. The van der Waals surface area contributed by atoms with E-state index in [0.717, 1.165) is 48.3 Å². The van der Waals surface area contributed by atoms with Crippen LogP contribution in [0.1, 0.15) is 66.3 Å². The second kappa shape index (κ2) is 11.6. The number of carbonyl (C=O) groups excluding carboxylic acids is 2. The van der Waals surface area contributed by atoms with Crippen molar-refractivity contribution in [1.29, 1.82) is 5.26 Å². The molecule has 0 radical (unpaired) electrons. The summed E-state index contributed by atoms with van der Waals surface area (Å²) in [6.07, 6.45) is 4.08. The van der Waals surface area contributed by atoms with Crippen LogP contribution in [0.5, 0.6) is 0 Å². The van der Waals surface area contributed by atoms with Gasteiger partial charge in [-0.2, -0.15) is 10.4 Å². The van der Waals surface area contributed by atoms with Crippen LogP contribution in [0.2, 0.25) is 0 Å². The second-order valence-corrected chi connectivity index (χ2v) is 8.76. The Balaban J connectivity index is 1.58. The lowest BCUT2D eigenvalue weighted by Crippen LogP contribution is -2.49. The molecule has 2 amide bonds. The molecule has 7 heteroatoms. The molecule has 3 rings (SSSR count). The van der Waals surface area contributed by atoms with Gasteiger partial charge in [-0.05, 0) is 57.2 Å². The van der Waals surface area contributed by atoms with E-state index in [-0.39, 0.29) is 17.9 Å². The lowest BCUT2D eigenvalue weighted by atomic mass is 10.00. The summed E-state index contributed by atoms with van der Waals surface area (Å²) < 4.78 is 1.88. The number of piperidine rings is 1. The number of nitrogens with zero attached hydrogens (tertiary/aromatic N) is 5. The van der Waals surface area contributed by atoms with E-state index < -0.39 is 0 Å². The highest BCUT2D eigenvalue weighted by Gasteiger charge is 2.29. The molecule has 1 aromatic carbocycles. The van der Waals surface area contributed by atoms with Gasteiger partial charge in [0.25, 0.3) is 5.91 Å². The zero-order valence-electron chi connectivity index (χ0n) is 20.1. The van der Waals surface area contributed by atoms with Gasteiger partial charge in [-0.1, -0.05) is 25.1 Å². The monoisotopic (exact) mass is 449 g/mol. The third kappa shape index (κ3) is 6.01. The van der Waals surface area contributed by atoms with Gasteiger partial charge < -0.3 is 9.80 Å². The van der Waals surface area contributed by atoms with Crippen LogP contribution in [0.4, 0.5) is 0 Å². The highest BCUT2D eigenvalue weighted by Crippen LogP contribution is 2.22. The van der Waals surface area contributed by atoms with Gasteiger partial charge in [-0.3, -0.25) is 14.3 Å². The van der Waals surface area contributed by atoms with E-state index in [2.05, 4.69) is 18.1 Å². The number of likely N-dealkylation sites (tertiary alicyclic amines) is 1. The number of nitriles is 1. The minimum atomic E-state index is 0.0711. The minimum Gasteiger partial charge on any atom is -0.340 e. The average Bonchev–Trinajstić information content (AvgIpc) is 3.12. The third-order valence-electron chi connectivity index (χ3n) is 6.55. The number of amides is 2. The van der Waals surface area contributed by atoms with Gasteiger partial charge in [0.2, 0.25) is 5.91 Å². The summed E-state index contributed by atoms with van der Waals surface area (Å²) in [5, 5.41) is 13.4. The fourth-order valence-electron chi connectivity index (χ4n) is 4.74. The Morgan fingerprint density at radius 1 is 1.18 bits per heavy atom. The zero-order valence-corrected chi connectivity index (χ0v) is 20.1. The molecule has 176 valence electrons. The first-order valence-electron chi connectivity index (χ1n) is 12.0. The summed E-state index contributed by atoms with van der Waals surface area (Å²) in [4.78, 5) is 29.9. The van der Waals surface area contributed by atoms with E-state index in [1.807, 2.05) is 58.7 Å². The SMILES string of the molecule is CCCN(C(=O)CCc1c(C)nn(CCC#N)c1C)C1CCN(C(=O)c2ccccc2)CC1. The van der Waals surface area contributed by atoms with Crippen LogP contribution < -0.4 is 0 Å². The maximum absolute atomic E-state index is 13.2. The molecule has 0 N–H and O–H groups in total.